The first-order valence-electron chi connectivity index (χ1n) is 6.58. The average molecular weight is 272 g/mol. The molecule has 1 rings (SSSR count). The predicted octanol–water partition coefficient (Wildman–Crippen LogP) is 0.898. The number of carbonyl (C=O) groups excluding carboxylic acids is 1. The van der Waals surface area contributed by atoms with Crippen LogP contribution in [0, 0.1) is 11.3 Å². The molecule has 19 heavy (non-hydrogen) atoms. The molecule has 0 aromatic heterocycles. The Labute approximate surface area is 113 Å². The molecule has 1 fully saturated rings. The largest absolute Gasteiger partial charge is 0.480 e. The van der Waals surface area contributed by atoms with Gasteiger partial charge in [0.1, 0.15) is 6.04 Å². The molecule has 1 saturated heterocycles. The van der Waals surface area contributed by atoms with Crippen LogP contribution in [0.15, 0.2) is 0 Å². The van der Waals surface area contributed by atoms with Crippen LogP contribution < -0.4 is 5.32 Å². The molecule has 1 aliphatic heterocycles. The fourth-order valence-corrected chi connectivity index (χ4v) is 1.92. The SMILES string of the molecule is CC(CNC(=O)N1CC(O)C[C@H]1C(=O)O)C(C)(C)C. The highest BCUT2D eigenvalue weighted by atomic mass is 16.4. The highest BCUT2D eigenvalue weighted by Gasteiger charge is 2.39. The van der Waals surface area contributed by atoms with Gasteiger partial charge in [-0.1, -0.05) is 27.7 Å². The van der Waals surface area contributed by atoms with Crippen LogP contribution in [0.1, 0.15) is 34.1 Å². The molecule has 0 bridgehead atoms. The summed E-state index contributed by atoms with van der Waals surface area (Å²) in [4.78, 5) is 24.2. The molecule has 0 aromatic carbocycles. The highest BCUT2D eigenvalue weighted by molar-refractivity contribution is 5.83. The first-order chi connectivity index (χ1) is 8.62. The maximum Gasteiger partial charge on any atom is 0.326 e. The third-order valence-electron chi connectivity index (χ3n) is 3.86. The maximum absolute atomic E-state index is 12.0. The van der Waals surface area contributed by atoms with E-state index in [4.69, 9.17) is 5.11 Å². The van der Waals surface area contributed by atoms with E-state index in [1.54, 1.807) is 0 Å². The molecule has 6 heteroatoms. The molecule has 2 unspecified atom stereocenters. The van der Waals surface area contributed by atoms with Crippen molar-refractivity contribution in [3.8, 4) is 0 Å². The third kappa shape index (κ3) is 4.09. The second kappa shape index (κ2) is 5.77. The van der Waals surface area contributed by atoms with Crippen LogP contribution in [0.25, 0.3) is 0 Å². The van der Waals surface area contributed by atoms with Gasteiger partial charge in [-0.15, -0.1) is 0 Å². The van der Waals surface area contributed by atoms with E-state index in [-0.39, 0.29) is 24.3 Å². The summed E-state index contributed by atoms with van der Waals surface area (Å²) >= 11 is 0. The average Bonchev–Trinajstić information content (AvgIpc) is 2.66. The highest BCUT2D eigenvalue weighted by Crippen LogP contribution is 2.24. The lowest BCUT2D eigenvalue weighted by atomic mass is 9.82. The van der Waals surface area contributed by atoms with Gasteiger partial charge in [0.15, 0.2) is 0 Å². The second-order valence-corrected chi connectivity index (χ2v) is 6.35. The van der Waals surface area contributed by atoms with Crippen LogP contribution in [0.4, 0.5) is 4.79 Å². The molecule has 0 saturated carbocycles. The number of nitrogens with one attached hydrogen (secondary N) is 1. The molecule has 0 spiro atoms. The number of rotatable bonds is 3. The zero-order valence-corrected chi connectivity index (χ0v) is 12.0. The Morgan fingerprint density at radius 2 is 2.00 bits per heavy atom. The van der Waals surface area contributed by atoms with E-state index in [1.807, 2.05) is 6.92 Å². The Hall–Kier alpha value is -1.30. The van der Waals surface area contributed by atoms with Crippen molar-refractivity contribution in [2.75, 3.05) is 13.1 Å². The van der Waals surface area contributed by atoms with E-state index < -0.39 is 24.1 Å². The van der Waals surface area contributed by atoms with Crippen molar-refractivity contribution in [1.29, 1.82) is 0 Å². The van der Waals surface area contributed by atoms with Gasteiger partial charge in [0.05, 0.1) is 6.10 Å². The van der Waals surface area contributed by atoms with Crippen LogP contribution in [0.3, 0.4) is 0 Å². The molecule has 3 N–H and O–H groups in total. The summed E-state index contributed by atoms with van der Waals surface area (Å²) in [6.45, 7) is 8.86. The van der Waals surface area contributed by atoms with Crippen molar-refractivity contribution < 1.29 is 19.8 Å². The lowest BCUT2D eigenvalue weighted by Crippen LogP contribution is -2.47. The summed E-state index contributed by atoms with van der Waals surface area (Å²) < 4.78 is 0. The standard InChI is InChI=1S/C13H24N2O4/c1-8(13(2,3)4)6-14-12(19)15-7-9(16)5-10(15)11(17)18/h8-10,16H,5-7H2,1-4H3,(H,14,19)(H,17,18)/t8?,9?,10-/m0/s1. The molecule has 0 aromatic rings. The van der Waals surface area contributed by atoms with E-state index in [2.05, 4.69) is 26.1 Å². The molecule has 3 atom stereocenters. The first-order valence-corrected chi connectivity index (χ1v) is 6.58. The van der Waals surface area contributed by atoms with Gasteiger partial charge in [-0.3, -0.25) is 0 Å². The minimum Gasteiger partial charge on any atom is -0.480 e. The van der Waals surface area contributed by atoms with Gasteiger partial charge in [0, 0.05) is 19.5 Å². The van der Waals surface area contributed by atoms with Gasteiger partial charge in [-0.05, 0) is 11.3 Å². The molecular formula is C13H24N2O4. The number of carbonyl (C=O) groups is 2. The number of hydrogen-bond acceptors (Lipinski definition) is 3. The number of urea groups is 1. The fourth-order valence-electron chi connectivity index (χ4n) is 1.92. The summed E-state index contributed by atoms with van der Waals surface area (Å²) in [5, 5.41) is 21.3. The molecule has 1 heterocycles. The van der Waals surface area contributed by atoms with Crippen molar-refractivity contribution in [3.05, 3.63) is 0 Å². The Morgan fingerprint density at radius 3 is 2.47 bits per heavy atom. The van der Waals surface area contributed by atoms with E-state index >= 15 is 0 Å². The molecular weight excluding hydrogens is 248 g/mol. The van der Waals surface area contributed by atoms with E-state index in [0.29, 0.717) is 6.54 Å². The summed E-state index contributed by atoms with van der Waals surface area (Å²) in [6, 6.07) is -1.35. The zero-order chi connectivity index (χ0) is 14.8. The topological polar surface area (TPSA) is 89.9 Å². The number of nitrogens with zero attached hydrogens (tertiary/aromatic N) is 1. The van der Waals surface area contributed by atoms with Crippen molar-refractivity contribution in [1.82, 2.24) is 10.2 Å². The zero-order valence-electron chi connectivity index (χ0n) is 12.0. The van der Waals surface area contributed by atoms with Crippen LogP contribution >= 0.6 is 0 Å². The van der Waals surface area contributed by atoms with Gasteiger partial charge in [-0.25, -0.2) is 9.59 Å². The number of carboxylic acid groups (broad SMARTS) is 1. The maximum atomic E-state index is 12.0. The lowest BCUT2D eigenvalue weighted by Gasteiger charge is -2.29. The Balaban J connectivity index is 2.56. The molecule has 0 aliphatic carbocycles. The Kier molecular flexibility index (Phi) is 4.79. The van der Waals surface area contributed by atoms with Gasteiger partial charge >= 0.3 is 12.0 Å². The summed E-state index contributed by atoms with van der Waals surface area (Å²) in [7, 11) is 0. The van der Waals surface area contributed by atoms with Crippen molar-refractivity contribution in [2.24, 2.45) is 11.3 Å². The Bertz CT molecular complexity index is 351. The number of aliphatic hydroxyl groups excluding tert-OH is 1. The smallest absolute Gasteiger partial charge is 0.326 e. The Morgan fingerprint density at radius 1 is 1.42 bits per heavy atom. The molecule has 6 nitrogen and oxygen atoms in total. The van der Waals surface area contributed by atoms with Crippen LogP contribution in [0.2, 0.25) is 0 Å². The van der Waals surface area contributed by atoms with Gasteiger partial charge in [0.25, 0.3) is 0 Å². The van der Waals surface area contributed by atoms with Gasteiger partial charge in [-0.2, -0.15) is 0 Å². The quantitative estimate of drug-likeness (QED) is 0.712. The van der Waals surface area contributed by atoms with Crippen molar-refractivity contribution in [3.63, 3.8) is 0 Å². The van der Waals surface area contributed by atoms with E-state index in [1.165, 1.54) is 4.90 Å². The minimum absolute atomic E-state index is 0.0734. The van der Waals surface area contributed by atoms with Crippen LogP contribution in [0.5, 0.6) is 0 Å². The number of carboxylic acids is 1. The molecule has 110 valence electrons. The molecule has 2 amide bonds. The third-order valence-corrected chi connectivity index (χ3v) is 3.86. The normalized spacial score (nSPS) is 25.2. The molecule has 1 aliphatic rings. The number of likely N-dealkylation sites (tertiary alicyclic amines) is 1. The minimum atomic E-state index is -1.07. The number of β-amino-alcohol motifs (C(OH)–C–C–N with tert-alkyl or cyclic N) is 1. The lowest BCUT2D eigenvalue weighted by molar-refractivity contribution is -0.141. The second-order valence-electron chi connectivity index (χ2n) is 6.35. The van der Waals surface area contributed by atoms with Gasteiger partial charge in [0.2, 0.25) is 0 Å². The summed E-state index contributed by atoms with van der Waals surface area (Å²) in [5.41, 5.74) is 0.0734. The van der Waals surface area contributed by atoms with Crippen molar-refractivity contribution >= 4 is 12.0 Å². The molecule has 0 radical (unpaired) electrons. The number of hydrogen-bond donors (Lipinski definition) is 3. The number of aliphatic hydroxyl groups is 1. The van der Waals surface area contributed by atoms with Gasteiger partial charge < -0.3 is 20.4 Å². The monoisotopic (exact) mass is 272 g/mol. The number of aliphatic carboxylic acids is 1. The van der Waals surface area contributed by atoms with Crippen molar-refractivity contribution in [2.45, 2.75) is 46.3 Å². The van der Waals surface area contributed by atoms with E-state index in [0.717, 1.165) is 0 Å². The van der Waals surface area contributed by atoms with E-state index in [9.17, 15) is 14.7 Å². The van der Waals surface area contributed by atoms with Crippen LogP contribution in [-0.2, 0) is 4.79 Å². The predicted molar refractivity (Wildman–Crippen MR) is 70.8 cm³/mol. The number of amides is 2. The fraction of sp³-hybridized carbons (Fsp3) is 0.846. The summed E-state index contributed by atoms with van der Waals surface area (Å²) in [6.07, 6.45) is -0.663. The van der Waals surface area contributed by atoms with Crippen LogP contribution in [-0.4, -0.2) is 52.3 Å². The summed E-state index contributed by atoms with van der Waals surface area (Å²) in [5.74, 6) is -0.803. The first kappa shape index (κ1) is 15.8.